The molecule has 3 heterocycles. The highest BCUT2D eigenvalue weighted by atomic mass is 28.3. The fraction of sp³-hybridized carbons (Fsp3) is 0.686. The van der Waals surface area contributed by atoms with Gasteiger partial charge in [0.1, 0.15) is 17.9 Å². The van der Waals surface area contributed by atoms with Crippen LogP contribution in [0, 0.1) is 23.0 Å². The van der Waals surface area contributed by atoms with Gasteiger partial charge in [-0.05, 0) is 49.3 Å². The lowest BCUT2D eigenvalue weighted by atomic mass is 9.87. The van der Waals surface area contributed by atoms with Crippen molar-refractivity contribution in [2.75, 3.05) is 44.8 Å². The summed E-state index contributed by atoms with van der Waals surface area (Å²) in [5.41, 5.74) is 3.47. The summed E-state index contributed by atoms with van der Waals surface area (Å²) in [6.45, 7) is 22.0. The molecule has 1 saturated heterocycles. The molecule has 270 valence electrons. The molecule has 2 N–H and O–H groups in total. The zero-order valence-corrected chi connectivity index (χ0v) is 32.6. The zero-order chi connectivity index (χ0) is 35.3. The molecule has 49 heavy (non-hydrogen) atoms. The maximum absolute atomic E-state index is 16.0. The van der Waals surface area contributed by atoms with Gasteiger partial charge in [0.2, 0.25) is 11.6 Å². The van der Waals surface area contributed by atoms with E-state index in [-0.39, 0.29) is 23.3 Å². The number of hydrogen-bond acceptors (Lipinski definition) is 6. The van der Waals surface area contributed by atoms with Crippen LogP contribution in [0.15, 0.2) is 6.07 Å². The molecule has 3 atom stereocenters. The molecule has 0 unspecified atom stereocenters. The molecular formula is C35H55F2N6O4Si2+. The van der Waals surface area contributed by atoms with Crippen LogP contribution in [-0.4, -0.2) is 87.2 Å². The van der Waals surface area contributed by atoms with Gasteiger partial charge in [-0.15, -0.1) is 0 Å². The van der Waals surface area contributed by atoms with E-state index in [9.17, 15) is 4.79 Å². The number of imidazole rings is 1. The number of aromatic amines is 1. The van der Waals surface area contributed by atoms with Gasteiger partial charge in [0, 0.05) is 42.3 Å². The van der Waals surface area contributed by atoms with E-state index in [0.717, 1.165) is 36.2 Å². The van der Waals surface area contributed by atoms with Crippen LogP contribution in [0.4, 0.5) is 14.5 Å². The number of ether oxygens (including phenoxy) is 3. The summed E-state index contributed by atoms with van der Waals surface area (Å²) in [6, 6.07) is 3.00. The Hall–Kier alpha value is -2.50. The van der Waals surface area contributed by atoms with E-state index in [0.29, 0.717) is 63.5 Å². The Morgan fingerprint density at radius 1 is 1.12 bits per heavy atom. The van der Waals surface area contributed by atoms with E-state index in [4.69, 9.17) is 19.2 Å². The number of anilines is 1. The Bertz CT molecular complexity index is 1690. The molecule has 1 aromatic carbocycles. The number of fused-ring (bicyclic) bond motifs is 3. The second kappa shape index (κ2) is 13.9. The van der Waals surface area contributed by atoms with Gasteiger partial charge in [0.05, 0.1) is 42.6 Å². The van der Waals surface area contributed by atoms with Crippen molar-refractivity contribution < 1.29 is 32.5 Å². The Kier molecular flexibility index (Phi) is 10.3. The Balaban J connectivity index is 1.38. The number of amides is 1. The fourth-order valence-electron chi connectivity index (χ4n) is 7.01. The monoisotopic (exact) mass is 717 g/mol. The molecule has 1 amide bonds. The third-order valence-electron chi connectivity index (χ3n) is 10.6. The summed E-state index contributed by atoms with van der Waals surface area (Å²) in [5, 5.41) is 6.26. The van der Waals surface area contributed by atoms with Gasteiger partial charge in [0.15, 0.2) is 17.5 Å². The van der Waals surface area contributed by atoms with Gasteiger partial charge in [-0.2, -0.15) is 5.10 Å². The number of nitrogens with zero attached hydrogens (tertiary/aromatic N) is 4. The Labute approximate surface area is 290 Å². The predicted octanol–water partition coefficient (Wildman–Crippen LogP) is 6.01. The second-order valence-electron chi connectivity index (χ2n) is 17.1. The van der Waals surface area contributed by atoms with Crippen LogP contribution >= 0.6 is 0 Å². The lowest BCUT2D eigenvalue weighted by Crippen LogP contribution is -2.47. The van der Waals surface area contributed by atoms with Crippen molar-refractivity contribution in [2.24, 2.45) is 11.3 Å². The number of rotatable bonds is 14. The molecule has 0 radical (unpaired) electrons. The third-order valence-corrected chi connectivity index (χ3v) is 14.0. The van der Waals surface area contributed by atoms with Crippen molar-refractivity contribution in [1.82, 2.24) is 19.5 Å². The smallest absolute Gasteiger partial charge is 0.276 e. The van der Waals surface area contributed by atoms with Crippen LogP contribution in [0.2, 0.25) is 51.4 Å². The summed E-state index contributed by atoms with van der Waals surface area (Å²) in [7, 11) is -2.63. The van der Waals surface area contributed by atoms with Crippen LogP contribution in [0.1, 0.15) is 31.5 Å². The highest BCUT2D eigenvalue weighted by Crippen LogP contribution is 2.59. The average molecular weight is 718 g/mol. The van der Waals surface area contributed by atoms with Gasteiger partial charge in [0.25, 0.3) is 6.73 Å². The van der Waals surface area contributed by atoms with E-state index in [1.54, 1.807) is 6.92 Å². The lowest BCUT2D eigenvalue weighted by Gasteiger charge is -2.31. The summed E-state index contributed by atoms with van der Waals surface area (Å²) in [4.78, 5) is 20.0. The van der Waals surface area contributed by atoms with Gasteiger partial charge in [-0.3, -0.25) is 14.3 Å². The zero-order valence-electron chi connectivity index (χ0n) is 30.6. The molecule has 2 aromatic heterocycles. The van der Waals surface area contributed by atoms with E-state index >= 15 is 8.78 Å². The molecule has 2 fully saturated rings. The SMILES string of the molecule is C[C@@H](C(=O)Nc1cc2c(nc(-c3[nH][n+](COCC[Si](C)(C)C)c4c3C[C@@H]3C[C@]3(C)C4)n2COCC[Si](C)(C)C)c(F)c1F)N1CCOCC1. The predicted molar refractivity (Wildman–Crippen MR) is 192 cm³/mol. The Morgan fingerprint density at radius 3 is 2.47 bits per heavy atom. The van der Waals surface area contributed by atoms with Crippen LogP contribution in [0.25, 0.3) is 22.6 Å². The molecular weight excluding hydrogens is 663 g/mol. The van der Waals surface area contributed by atoms with Crippen LogP contribution in [0.5, 0.6) is 0 Å². The van der Waals surface area contributed by atoms with E-state index in [1.165, 1.54) is 18.2 Å². The number of carbonyl (C=O) groups excluding carboxylic acids is 1. The number of morpholine rings is 1. The van der Waals surface area contributed by atoms with Crippen LogP contribution in [-0.2, 0) is 45.3 Å². The highest BCUT2D eigenvalue weighted by Gasteiger charge is 2.56. The van der Waals surface area contributed by atoms with Crippen molar-refractivity contribution >= 4 is 38.8 Å². The molecule has 0 spiro atoms. The standard InChI is InChI=1S/C35H54F2N6O4Si2/c1-23(41-9-11-45-12-10-41)34(44)38-26-18-27-32(30(37)29(26)36)39-33(42(27)21-46-13-15-48(3,4)5)31-25-17-24-19-35(24,2)20-28(25)43(40-31)22-47-14-16-49(6,7)8/h18,23-24H,9-17,19-22H2,1-8H3,(H,38,40,44)/p+1/t23-,24+,35+/m0/s1. The lowest BCUT2D eigenvalue weighted by molar-refractivity contribution is -0.787. The summed E-state index contributed by atoms with van der Waals surface area (Å²) in [6.07, 6.45) is 2.98. The van der Waals surface area contributed by atoms with Crippen LogP contribution < -0.4 is 10.00 Å². The third kappa shape index (κ3) is 8.04. The highest BCUT2D eigenvalue weighted by molar-refractivity contribution is 6.76. The first-order valence-corrected chi connectivity index (χ1v) is 25.3. The number of aromatic nitrogens is 4. The van der Waals surface area contributed by atoms with Crippen molar-refractivity contribution in [3.8, 4) is 11.5 Å². The summed E-state index contributed by atoms with van der Waals surface area (Å²) in [5.74, 6) is -1.55. The fourth-order valence-corrected chi connectivity index (χ4v) is 8.52. The minimum Gasteiger partial charge on any atom is -0.379 e. The first kappa shape index (κ1) is 36.3. The number of hydrogen-bond donors (Lipinski definition) is 2. The largest absolute Gasteiger partial charge is 0.379 e. The molecule has 10 nitrogen and oxygen atoms in total. The molecule has 1 saturated carbocycles. The molecule has 14 heteroatoms. The van der Waals surface area contributed by atoms with E-state index in [2.05, 4.69) is 61.3 Å². The molecule has 2 aliphatic carbocycles. The molecule has 3 aliphatic rings. The number of benzene rings is 1. The Morgan fingerprint density at radius 2 is 1.80 bits per heavy atom. The van der Waals surface area contributed by atoms with Gasteiger partial charge in [-0.1, -0.05) is 50.9 Å². The minimum atomic E-state index is -1.37. The van der Waals surface area contributed by atoms with Crippen molar-refractivity contribution in [3.05, 3.63) is 29.0 Å². The van der Waals surface area contributed by atoms with Gasteiger partial charge < -0.3 is 19.5 Å². The number of nitrogens with one attached hydrogen (secondary N) is 2. The maximum Gasteiger partial charge on any atom is 0.276 e. The first-order chi connectivity index (χ1) is 23.0. The number of carbonyl (C=O) groups is 1. The van der Waals surface area contributed by atoms with Crippen molar-refractivity contribution in [3.63, 3.8) is 0 Å². The van der Waals surface area contributed by atoms with E-state index in [1.807, 2.05) is 9.47 Å². The maximum atomic E-state index is 16.0. The molecule has 6 rings (SSSR count). The quantitative estimate of drug-likeness (QED) is 0.121. The normalized spacial score (nSPS) is 21.9. The topological polar surface area (TPSA) is 97.5 Å². The van der Waals surface area contributed by atoms with E-state index < -0.39 is 39.7 Å². The summed E-state index contributed by atoms with van der Waals surface area (Å²) < 4.78 is 53.4. The molecule has 0 bridgehead atoms. The first-order valence-electron chi connectivity index (χ1n) is 17.8. The average Bonchev–Trinajstić information content (AvgIpc) is 3.40. The number of H-pyrrole nitrogens is 1. The van der Waals surface area contributed by atoms with Gasteiger partial charge >= 0.3 is 0 Å². The van der Waals surface area contributed by atoms with Gasteiger partial charge in [-0.25, -0.2) is 13.8 Å². The molecule has 1 aliphatic heterocycles. The molecule has 3 aromatic rings. The van der Waals surface area contributed by atoms with Crippen molar-refractivity contribution in [2.45, 2.75) is 104 Å². The second-order valence-corrected chi connectivity index (χ2v) is 28.3. The summed E-state index contributed by atoms with van der Waals surface area (Å²) >= 11 is 0. The van der Waals surface area contributed by atoms with Crippen LogP contribution in [0.3, 0.4) is 0 Å². The number of halogens is 2. The minimum absolute atomic E-state index is 0.0890. The van der Waals surface area contributed by atoms with Crippen molar-refractivity contribution in [1.29, 1.82) is 0 Å².